The lowest BCUT2D eigenvalue weighted by atomic mass is 9.75. The maximum absolute atomic E-state index is 3.87. The van der Waals surface area contributed by atoms with E-state index in [4.69, 9.17) is 0 Å². The zero-order valence-electron chi connectivity index (χ0n) is 7.42. The van der Waals surface area contributed by atoms with Crippen LogP contribution in [0.1, 0.15) is 26.2 Å². The Morgan fingerprint density at radius 3 is 2.27 bits per heavy atom. The van der Waals surface area contributed by atoms with Gasteiger partial charge in [-0.05, 0) is 30.6 Å². The predicted octanol–water partition coefficient (Wildman–Crippen LogP) is 3.41. The molecule has 0 heteroatoms. The molecule has 0 aromatic rings. The van der Waals surface area contributed by atoms with Gasteiger partial charge in [0.2, 0.25) is 0 Å². The largest absolute Gasteiger partial charge is 0.103 e. The van der Waals surface area contributed by atoms with Gasteiger partial charge in [0.25, 0.3) is 0 Å². The van der Waals surface area contributed by atoms with Crippen molar-refractivity contribution in [3.8, 4) is 0 Å². The molecule has 0 N–H and O–H groups in total. The van der Waals surface area contributed by atoms with Crippen molar-refractivity contribution in [3.63, 3.8) is 0 Å². The molecule has 0 radical (unpaired) electrons. The van der Waals surface area contributed by atoms with Gasteiger partial charge in [-0.2, -0.15) is 0 Å². The van der Waals surface area contributed by atoms with E-state index in [0.717, 1.165) is 5.92 Å². The van der Waals surface area contributed by atoms with Crippen molar-refractivity contribution in [1.82, 2.24) is 0 Å². The fourth-order valence-electron chi connectivity index (χ4n) is 2.01. The first kappa shape index (κ1) is 8.58. The molecule has 1 saturated carbocycles. The third kappa shape index (κ3) is 1.95. The van der Waals surface area contributed by atoms with Gasteiger partial charge in [0.05, 0.1) is 0 Å². The third-order valence-electron chi connectivity index (χ3n) is 2.82. The smallest absolute Gasteiger partial charge is 0.0171 e. The van der Waals surface area contributed by atoms with Crippen molar-refractivity contribution in [2.75, 3.05) is 0 Å². The van der Waals surface area contributed by atoms with Crippen LogP contribution in [-0.2, 0) is 0 Å². The summed E-state index contributed by atoms with van der Waals surface area (Å²) >= 11 is 0. The highest BCUT2D eigenvalue weighted by Crippen LogP contribution is 2.34. The fraction of sp³-hybridized carbons (Fsp3) is 0.636. The Morgan fingerprint density at radius 1 is 1.09 bits per heavy atom. The van der Waals surface area contributed by atoms with Gasteiger partial charge in [0.1, 0.15) is 0 Å². The molecular weight excluding hydrogens is 132 g/mol. The van der Waals surface area contributed by atoms with Gasteiger partial charge in [-0.25, -0.2) is 0 Å². The fourth-order valence-corrected chi connectivity index (χ4v) is 2.01. The summed E-state index contributed by atoms with van der Waals surface area (Å²) in [7, 11) is 0. The zero-order valence-corrected chi connectivity index (χ0v) is 7.42. The zero-order chi connectivity index (χ0) is 8.27. The monoisotopic (exact) mass is 150 g/mol. The molecule has 0 aromatic heterocycles. The minimum atomic E-state index is 0.691. The summed E-state index contributed by atoms with van der Waals surface area (Å²) in [6, 6.07) is 0. The second-order valence-corrected chi connectivity index (χ2v) is 3.72. The average molecular weight is 150 g/mol. The SMILES string of the molecule is C=CC1CCC(C)CC1C=C. The molecule has 0 amide bonds. The number of allylic oxidation sites excluding steroid dienone is 2. The van der Waals surface area contributed by atoms with Crippen LogP contribution in [0.15, 0.2) is 25.3 Å². The predicted molar refractivity (Wildman–Crippen MR) is 50.4 cm³/mol. The lowest BCUT2D eigenvalue weighted by Gasteiger charge is -2.30. The van der Waals surface area contributed by atoms with Crippen LogP contribution >= 0.6 is 0 Å². The van der Waals surface area contributed by atoms with E-state index in [9.17, 15) is 0 Å². The maximum atomic E-state index is 3.87. The molecule has 1 fully saturated rings. The molecule has 1 rings (SSSR count). The molecule has 0 saturated heterocycles. The van der Waals surface area contributed by atoms with Crippen molar-refractivity contribution >= 4 is 0 Å². The normalized spacial score (nSPS) is 38.1. The minimum Gasteiger partial charge on any atom is -0.103 e. The van der Waals surface area contributed by atoms with E-state index in [1.54, 1.807) is 0 Å². The Kier molecular flexibility index (Phi) is 2.92. The number of hydrogen-bond donors (Lipinski definition) is 0. The van der Waals surface area contributed by atoms with E-state index in [1.807, 2.05) is 0 Å². The first-order chi connectivity index (χ1) is 5.27. The lowest BCUT2D eigenvalue weighted by molar-refractivity contribution is 0.267. The molecule has 0 heterocycles. The summed E-state index contributed by atoms with van der Waals surface area (Å²) in [6.45, 7) is 10.1. The Hall–Kier alpha value is -0.520. The Balaban J connectivity index is 2.54. The Labute approximate surface area is 70.0 Å². The summed E-state index contributed by atoms with van der Waals surface area (Å²) in [5, 5.41) is 0. The van der Waals surface area contributed by atoms with E-state index in [1.165, 1.54) is 19.3 Å². The molecule has 3 unspecified atom stereocenters. The van der Waals surface area contributed by atoms with E-state index in [0.29, 0.717) is 11.8 Å². The quantitative estimate of drug-likeness (QED) is 0.529. The maximum Gasteiger partial charge on any atom is -0.0171 e. The number of rotatable bonds is 2. The molecule has 0 spiro atoms. The summed E-state index contributed by atoms with van der Waals surface area (Å²) in [5.41, 5.74) is 0. The molecule has 0 aliphatic heterocycles. The van der Waals surface area contributed by atoms with Gasteiger partial charge in [0.15, 0.2) is 0 Å². The second-order valence-electron chi connectivity index (χ2n) is 3.72. The van der Waals surface area contributed by atoms with Gasteiger partial charge in [-0.15, -0.1) is 13.2 Å². The Morgan fingerprint density at radius 2 is 1.73 bits per heavy atom. The van der Waals surface area contributed by atoms with E-state index in [2.05, 4.69) is 32.2 Å². The molecule has 0 aromatic carbocycles. The van der Waals surface area contributed by atoms with Crippen LogP contribution in [0.4, 0.5) is 0 Å². The van der Waals surface area contributed by atoms with Crippen LogP contribution in [0.5, 0.6) is 0 Å². The van der Waals surface area contributed by atoms with Crippen LogP contribution in [0.2, 0.25) is 0 Å². The molecule has 11 heavy (non-hydrogen) atoms. The van der Waals surface area contributed by atoms with Crippen molar-refractivity contribution in [3.05, 3.63) is 25.3 Å². The van der Waals surface area contributed by atoms with Gasteiger partial charge >= 0.3 is 0 Å². The summed E-state index contributed by atoms with van der Waals surface area (Å²) in [4.78, 5) is 0. The molecule has 3 atom stereocenters. The summed E-state index contributed by atoms with van der Waals surface area (Å²) in [6.07, 6.45) is 8.17. The second kappa shape index (κ2) is 3.75. The average Bonchev–Trinajstić information content (AvgIpc) is 2.04. The molecule has 1 aliphatic rings. The van der Waals surface area contributed by atoms with Crippen LogP contribution in [0.25, 0.3) is 0 Å². The molecule has 0 bridgehead atoms. The first-order valence-electron chi connectivity index (χ1n) is 4.53. The summed E-state index contributed by atoms with van der Waals surface area (Å²) in [5.74, 6) is 2.27. The highest BCUT2D eigenvalue weighted by molar-refractivity contribution is 4.96. The highest BCUT2D eigenvalue weighted by atomic mass is 14.3. The minimum absolute atomic E-state index is 0.691. The molecule has 62 valence electrons. The van der Waals surface area contributed by atoms with Gasteiger partial charge in [0, 0.05) is 0 Å². The van der Waals surface area contributed by atoms with Crippen molar-refractivity contribution in [1.29, 1.82) is 0 Å². The summed E-state index contributed by atoms with van der Waals surface area (Å²) < 4.78 is 0. The van der Waals surface area contributed by atoms with Gasteiger partial charge < -0.3 is 0 Å². The molecular formula is C11H18. The molecule has 0 nitrogen and oxygen atoms in total. The van der Waals surface area contributed by atoms with E-state index < -0.39 is 0 Å². The Bertz CT molecular complexity index is 146. The van der Waals surface area contributed by atoms with Crippen LogP contribution in [-0.4, -0.2) is 0 Å². The van der Waals surface area contributed by atoms with Crippen LogP contribution < -0.4 is 0 Å². The van der Waals surface area contributed by atoms with Crippen LogP contribution in [0, 0.1) is 17.8 Å². The van der Waals surface area contributed by atoms with E-state index in [-0.39, 0.29) is 0 Å². The first-order valence-corrected chi connectivity index (χ1v) is 4.53. The van der Waals surface area contributed by atoms with Crippen molar-refractivity contribution in [2.45, 2.75) is 26.2 Å². The topological polar surface area (TPSA) is 0 Å². The van der Waals surface area contributed by atoms with Crippen molar-refractivity contribution in [2.24, 2.45) is 17.8 Å². The van der Waals surface area contributed by atoms with Crippen LogP contribution in [0.3, 0.4) is 0 Å². The van der Waals surface area contributed by atoms with Gasteiger partial charge in [-0.1, -0.05) is 25.5 Å². The highest BCUT2D eigenvalue weighted by Gasteiger charge is 2.23. The standard InChI is InChI=1S/C11H18/c1-4-10-7-6-9(3)8-11(10)5-2/h4-5,9-11H,1-2,6-8H2,3H3. The molecule has 1 aliphatic carbocycles. The third-order valence-corrected chi connectivity index (χ3v) is 2.82. The van der Waals surface area contributed by atoms with E-state index >= 15 is 0 Å². The van der Waals surface area contributed by atoms with Crippen molar-refractivity contribution < 1.29 is 0 Å². The lowest BCUT2D eigenvalue weighted by Crippen LogP contribution is -2.20. The van der Waals surface area contributed by atoms with Gasteiger partial charge in [-0.3, -0.25) is 0 Å². The number of hydrogen-bond acceptors (Lipinski definition) is 0.